The van der Waals surface area contributed by atoms with Gasteiger partial charge in [-0.25, -0.2) is 4.98 Å². The van der Waals surface area contributed by atoms with Gasteiger partial charge in [-0.3, -0.25) is 0 Å². The fourth-order valence-electron chi connectivity index (χ4n) is 1.62. The van der Waals surface area contributed by atoms with Crippen molar-refractivity contribution in [3.05, 3.63) is 34.9 Å². The molecule has 2 heterocycles. The molecule has 0 bridgehead atoms. The molecule has 0 aromatic carbocycles. The highest BCUT2D eigenvalue weighted by atomic mass is 35.5. The van der Waals surface area contributed by atoms with E-state index in [2.05, 4.69) is 10.3 Å². The number of rotatable bonds is 2. The van der Waals surface area contributed by atoms with E-state index >= 15 is 0 Å². The van der Waals surface area contributed by atoms with Gasteiger partial charge in [0.05, 0.1) is 16.2 Å². The summed E-state index contributed by atoms with van der Waals surface area (Å²) in [6.45, 7) is 2.71. The zero-order valence-corrected chi connectivity index (χ0v) is 8.97. The summed E-state index contributed by atoms with van der Waals surface area (Å²) < 4.78 is 2.01. The molecule has 2 aromatic heterocycles. The summed E-state index contributed by atoms with van der Waals surface area (Å²) >= 11 is 6.12. The SMILES string of the molecule is CNCc1nc(C)n2cccc(Cl)c12. The molecule has 0 fully saturated rings. The Balaban J connectivity index is 2.72. The average Bonchev–Trinajstić information content (AvgIpc) is 2.46. The van der Waals surface area contributed by atoms with E-state index in [9.17, 15) is 0 Å². The van der Waals surface area contributed by atoms with Gasteiger partial charge in [0, 0.05) is 12.7 Å². The van der Waals surface area contributed by atoms with Crippen LogP contribution in [0.5, 0.6) is 0 Å². The minimum absolute atomic E-state index is 0.737. The molecule has 74 valence electrons. The Morgan fingerprint density at radius 1 is 1.57 bits per heavy atom. The van der Waals surface area contributed by atoms with E-state index in [1.165, 1.54) is 0 Å². The van der Waals surface area contributed by atoms with Gasteiger partial charge in [-0.05, 0) is 26.1 Å². The summed E-state index contributed by atoms with van der Waals surface area (Å²) in [7, 11) is 1.90. The van der Waals surface area contributed by atoms with Crippen LogP contribution in [-0.4, -0.2) is 16.4 Å². The maximum absolute atomic E-state index is 6.12. The summed E-state index contributed by atoms with van der Waals surface area (Å²) in [4.78, 5) is 4.46. The van der Waals surface area contributed by atoms with Gasteiger partial charge >= 0.3 is 0 Å². The third kappa shape index (κ3) is 1.38. The maximum atomic E-state index is 6.12. The lowest BCUT2D eigenvalue weighted by Crippen LogP contribution is -2.05. The van der Waals surface area contributed by atoms with Crippen LogP contribution < -0.4 is 5.32 Å². The lowest BCUT2D eigenvalue weighted by molar-refractivity contribution is 0.800. The van der Waals surface area contributed by atoms with E-state index in [1.807, 2.05) is 36.7 Å². The molecule has 14 heavy (non-hydrogen) atoms. The number of nitrogens with one attached hydrogen (secondary N) is 1. The lowest BCUT2D eigenvalue weighted by Gasteiger charge is -1.99. The van der Waals surface area contributed by atoms with Crippen LogP contribution in [0.4, 0.5) is 0 Å². The van der Waals surface area contributed by atoms with Gasteiger partial charge in [0.25, 0.3) is 0 Å². The molecular weight excluding hydrogens is 198 g/mol. The Morgan fingerprint density at radius 2 is 2.36 bits per heavy atom. The van der Waals surface area contributed by atoms with Crippen molar-refractivity contribution in [2.24, 2.45) is 0 Å². The monoisotopic (exact) mass is 209 g/mol. The summed E-state index contributed by atoms with van der Waals surface area (Å²) in [5.74, 6) is 0.966. The molecule has 1 N–H and O–H groups in total. The third-order valence-electron chi connectivity index (χ3n) is 2.21. The summed E-state index contributed by atoms with van der Waals surface area (Å²) in [5, 5.41) is 3.83. The highest BCUT2D eigenvalue weighted by Gasteiger charge is 2.09. The molecule has 2 rings (SSSR count). The molecule has 0 aliphatic rings. The first-order valence-electron chi connectivity index (χ1n) is 4.50. The van der Waals surface area contributed by atoms with Crippen LogP contribution in [0.15, 0.2) is 18.3 Å². The van der Waals surface area contributed by atoms with Crippen molar-refractivity contribution < 1.29 is 0 Å². The highest BCUT2D eigenvalue weighted by molar-refractivity contribution is 6.34. The number of aromatic nitrogens is 2. The molecule has 0 aliphatic heterocycles. The number of hydrogen-bond acceptors (Lipinski definition) is 2. The van der Waals surface area contributed by atoms with E-state index in [-0.39, 0.29) is 0 Å². The van der Waals surface area contributed by atoms with Crippen LogP contribution in [0, 0.1) is 6.92 Å². The first-order chi connectivity index (χ1) is 6.74. The largest absolute Gasteiger partial charge is 0.314 e. The number of halogens is 1. The minimum atomic E-state index is 0.737. The number of fused-ring (bicyclic) bond motifs is 1. The Bertz CT molecular complexity index is 462. The molecule has 2 aromatic rings. The van der Waals surface area contributed by atoms with Crippen molar-refractivity contribution in [2.45, 2.75) is 13.5 Å². The van der Waals surface area contributed by atoms with Crippen LogP contribution >= 0.6 is 11.6 Å². The molecule has 0 saturated heterocycles. The number of hydrogen-bond donors (Lipinski definition) is 1. The van der Waals surface area contributed by atoms with E-state index in [1.54, 1.807) is 0 Å². The lowest BCUT2D eigenvalue weighted by atomic mass is 10.3. The molecule has 0 atom stereocenters. The number of nitrogens with zero attached hydrogens (tertiary/aromatic N) is 2. The van der Waals surface area contributed by atoms with Gasteiger partial charge in [-0.2, -0.15) is 0 Å². The molecule has 0 radical (unpaired) electrons. The summed E-state index contributed by atoms with van der Waals surface area (Å²) in [6.07, 6.45) is 1.97. The molecule has 0 aliphatic carbocycles. The summed E-state index contributed by atoms with van der Waals surface area (Å²) in [5.41, 5.74) is 2.00. The molecule has 4 heteroatoms. The third-order valence-corrected chi connectivity index (χ3v) is 2.51. The van der Waals surface area contributed by atoms with Crippen LogP contribution in [-0.2, 0) is 6.54 Å². The predicted molar refractivity (Wildman–Crippen MR) is 57.7 cm³/mol. The average molecular weight is 210 g/mol. The smallest absolute Gasteiger partial charge is 0.110 e. The van der Waals surface area contributed by atoms with Crippen LogP contribution in [0.1, 0.15) is 11.5 Å². The molecule has 0 amide bonds. The Kier molecular flexibility index (Phi) is 2.44. The zero-order valence-electron chi connectivity index (χ0n) is 8.21. The topological polar surface area (TPSA) is 29.3 Å². The quantitative estimate of drug-likeness (QED) is 0.820. The fourth-order valence-corrected chi connectivity index (χ4v) is 1.89. The second-order valence-electron chi connectivity index (χ2n) is 3.21. The van der Waals surface area contributed by atoms with E-state index in [0.29, 0.717) is 0 Å². The van der Waals surface area contributed by atoms with Crippen LogP contribution in [0.25, 0.3) is 5.52 Å². The van der Waals surface area contributed by atoms with Crippen molar-refractivity contribution in [2.75, 3.05) is 7.05 Å². The first-order valence-corrected chi connectivity index (χ1v) is 4.88. The maximum Gasteiger partial charge on any atom is 0.110 e. The highest BCUT2D eigenvalue weighted by Crippen LogP contribution is 2.21. The molecule has 0 saturated carbocycles. The van der Waals surface area contributed by atoms with Crippen molar-refractivity contribution >= 4 is 17.1 Å². The van der Waals surface area contributed by atoms with Gasteiger partial charge in [0.2, 0.25) is 0 Å². The van der Waals surface area contributed by atoms with Crippen molar-refractivity contribution in [3.63, 3.8) is 0 Å². The van der Waals surface area contributed by atoms with Crippen molar-refractivity contribution in [1.82, 2.24) is 14.7 Å². The normalized spacial score (nSPS) is 11.1. The first kappa shape index (κ1) is 9.49. The van der Waals surface area contributed by atoms with E-state index in [4.69, 9.17) is 11.6 Å². The number of pyridine rings is 1. The zero-order chi connectivity index (χ0) is 10.1. The number of imidazole rings is 1. The molecule has 0 spiro atoms. The van der Waals surface area contributed by atoms with E-state index in [0.717, 1.165) is 28.6 Å². The van der Waals surface area contributed by atoms with E-state index < -0.39 is 0 Å². The standard InChI is InChI=1S/C10H12ClN3/c1-7-13-9(6-12-2)10-8(11)4-3-5-14(7)10/h3-5,12H,6H2,1-2H3. The molecular formula is C10H12ClN3. The summed E-state index contributed by atoms with van der Waals surface area (Å²) in [6, 6.07) is 3.81. The van der Waals surface area contributed by atoms with Crippen molar-refractivity contribution in [3.8, 4) is 0 Å². The predicted octanol–water partition coefficient (Wildman–Crippen LogP) is 2.02. The fraction of sp³-hybridized carbons (Fsp3) is 0.300. The van der Waals surface area contributed by atoms with Crippen molar-refractivity contribution in [1.29, 1.82) is 0 Å². The van der Waals surface area contributed by atoms with Gasteiger partial charge in [0.15, 0.2) is 0 Å². The minimum Gasteiger partial charge on any atom is -0.314 e. The Morgan fingerprint density at radius 3 is 3.07 bits per heavy atom. The Labute approximate surface area is 87.7 Å². The molecule has 0 unspecified atom stereocenters. The Hall–Kier alpha value is -1.06. The van der Waals surface area contributed by atoms with Gasteiger partial charge < -0.3 is 9.72 Å². The second-order valence-corrected chi connectivity index (χ2v) is 3.62. The molecule has 3 nitrogen and oxygen atoms in total. The van der Waals surface area contributed by atoms with Crippen LogP contribution in [0.3, 0.4) is 0 Å². The van der Waals surface area contributed by atoms with Crippen LogP contribution in [0.2, 0.25) is 5.02 Å². The van der Waals surface area contributed by atoms with Gasteiger partial charge in [-0.15, -0.1) is 0 Å². The van der Waals surface area contributed by atoms with Gasteiger partial charge in [-0.1, -0.05) is 11.6 Å². The number of aryl methyl sites for hydroxylation is 1. The van der Waals surface area contributed by atoms with Gasteiger partial charge in [0.1, 0.15) is 5.82 Å². The second kappa shape index (κ2) is 3.59.